The second-order valence-corrected chi connectivity index (χ2v) is 4.68. The average molecular weight is 264 g/mol. The molecule has 2 rings (SSSR count). The molecule has 0 aromatic heterocycles. The maximum atomic E-state index is 11.0. The van der Waals surface area contributed by atoms with E-state index in [0.717, 1.165) is 17.7 Å². The van der Waals surface area contributed by atoms with E-state index >= 15 is 0 Å². The predicted molar refractivity (Wildman–Crippen MR) is 72.5 cm³/mol. The minimum absolute atomic E-state index is 0.421. The summed E-state index contributed by atoms with van der Waals surface area (Å²) in [6.45, 7) is 0. The molecule has 1 atom stereocenters. The number of alkyl halides is 1. The van der Waals surface area contributed by atoms with Gasteiger partial charge in [0, 0.05) is 30.5 Å². The molecule has 4 heteroatoms. The average Bonchev–Trinajstić information content (AvgIpc) is 2.40. The molecule has 0 saturated carbocycles. The van der Waals surface area contributed by atoms with Crippen LogP contribution in [0.4, 0.5) is 5.69 Å². The zero-order valence-corrected chi connectivity index (χ0v) is 10.8. The fourth-order valence-corrected chi connectivity index (χ4v) is 1.98. The lowest BCUT2D eigenvalue weighted by atomic mass is 10.0. The van der Waals surface area contributed by atoms with Crippen LogP contribution in [0.15, 0.2) is 53.8 Å². The number of rotatable bonds is 4. The Morgan fingerprint density at radius 3 is 2.72 bits per heavy atom. The maximum absolute atomic E-state index is 11.0. The topological polar surface area (TPSA) is 38.3 Å². The molecular formula is C14H14ClNO2. The van der Waals surface area contributed by atoms with Gasteiger partial charge in [0.05, 0.1) is 0 Å². The molecule has 18 heavy (non-hydrogen) atoms. The van der Waals surface area contributed by atoms with Crippen molar-refractivity contribution in [2.24, 2.45) is 0 Å². The first-order valence-electron chi connectivity index (χ1n) is 5.60. The Hall–Kier alpha value is -1.58. The molecule has 0 radical (unpaired) electrons. The smallest absolute Gasteiger partial charge is 0.165 e. The van der Waals surface area contributed by atoms with Crippen LogP contribution in [0.1, 0.15) is 6.42 Å². The molecule has 94 valence electrons. The van der Waals surface area contributed by atoms with Gasteiger partial charge in [-0.15, -0.1) is 0 Å². The highest BCUT2D eigenvalue weighted by Crippen LogP contribution is 2.33. The number of benzene rings is 1. The largest absolute Gasteiger partial charge is 0.359 e. The zero-order valence-electron chi connectivity index (χ0n) is 10.0. The molecule has 0 heterocycles. The highest BCUT2D eigenvalue weighted by molar-refractivity contribution is 6.24. The van der Waals surface area contributed by atoms with Gasteiger partial charge in [-0.1, -0.05) is 29.8 Å². The summed E-state index contributed by atoms with van der Waals surface area (Å²) >= 11 is 6.24. The van der Waals surface area contributed by atoms with Gasteiger partial charge >= 0.3 is 0 Å². The molecule has 0 bridgehead atoms. The van der Waals surface area contributed by atoms with Crippen molar-refractivity contribution in [3.63, 3.8) is 0 Å². The molecule has 0 fully saturated rings. The molecule has 1 aromatic carbocycles. The summed E-state index contributed by atoms with van der Waals surface area (Å²) in [7, 11) is 1.55. The van der Waals surface area contributed by atoms with Crippen LogP contribution in [0.25, 0.3) is 0 Å². The molecule has 0 amide bonds. The summed E-state index contributed by atoms with van der Waals surface area (Å²) in [6, 6.07) is 9.63. The van der Waals surface area contributed by atoms with Gasteiger partial charge in [0.25, 0.3) is 0 Å². The molecule has 1 aliphatic carbocycles. The summed E-state index contributed by atoms with van der Waals surface area (Å²) in [5.74, 6) is 0. The van der Waals surface area contributed by atoms with Crippen LogP contribution in [-0.2, 0) is 9.53 Å². The van der Waals surface area contributed by atoms with Gasteiger partial charge in [-0.2, -0.15) is 0 Å². The first-order chi connectivity index (χ1) is 8.67. The fourth-order valence-electron chi connectivity index (χ4n) is 1.78. The van der Waals surface area contributed by atoms with Crippen molar-refractivity contribution < 1.29 is 9.53 Å². The number of hydrogen-bond donors (Lipinski definition) is 1. The summed E-state index contributed by atoms with van der Waals surface area (Å²) < 4.78 is 5.23. The van der Waals surface area contributed by atoms with Crippen molar-refractivity contribution in [1.29, 1.82) is 0 Å². The Morgan fingerprint density at radius 1 is 1.39 bits per heavy atom. The van der Waals surface area contributed by atoms with Crippen LogP contribution in [0.5, 0.6) is 0 Å². The van der Waals surface area contributed by atoms with Crippen molar-refractivity contribution in [2.45, 2.75) is 11.5 Å². The van der Waals surface area contributed by atoms with Crippen molar-refractivity contribution in [2.75, 3.05) is 12.4 Å². The van der Waals surface area contributed by atoms with E-state index in [1.54, 1.807) is 19.3 Å². The number of methoxy groups -OCH3 is 1. The van der Waals surface area contributed by atoms with E-state index in [9.17, 15) is 4.79 Å². The lowest BCUT2D eigenvalue weighted by Crippen LogP contribution is -2.27. The summed E-state index contributed by atoms with van der Waals surface area (Å²) in [6.07, 6.45) is 4.60. The number of hydrogen-bond acceptors (Lipinski definition) is 3. The maximum Gasteiger partial charge on any atom is 0.165 e. The lowest BCUT2D eigenvalue weighted by molar-refractivity contribution is -0.104. The van der Waals surface area contributed by atoms with E-state index in [4.69, 9.17) is 16.3 Å². The number of nitrogens with one attached hydrogen (secondary N) is 1. The third-order valence-corrected chi connectivity index (χ3v) is 3.23. The second-order valence-electron chi connectivity index (χ2n) is 4.04. The minimum atomic E-state index is -0.885. The summed E-state index contributed by atoms with van der Waals surface area (Å²) in [5.41, 5.74) is 2.26. The van der Waals surface area contributed by atoms with Crippen LogP contribution in [0, 0.1) is 0 Å². The van der Waals surface area contributed by atoms with Gasteiger partial charge in [-0.05, 0) is 24.3 Å². The van der Waals surface area contributed by atoms with Gasteiger partial charge < -0.3 is 10.1 Å². The van der Waals surface area contributed by atoms with E-state index in [2.05, 4.69) is 5.32 Å². The zero-order chi connectivity index (χ0) is 13.0. The van der Waals surface area contributed by atoms with E-state index in [1.165, 1.54) is 0 Å². The van der Waals surface area contributed by atoms with Crippen LogP contribution in [0.3, 0.4) is 0 Å². The number of aldehydes is 1. The first-order valence-corrected chi connectivity index (χ1v) is 5.98. The Morgan fingerprint density at radius 2 is 2.11 bits per heavy atom. The number of allylic oxidation sites excluding steroid dienone is 2. The minimum Gasteiger partial charge on any atom is -0.359 e. The van der Waals surface area contributed by atoms with Gasteiger partial charge in [0.1, 0.15) is 0 Å². The standard InChI is InChI=1S/C14H14ClNO2/c1-18-14(15)8-7-11(10-17)13(9-14)16-12-5-3-2-4-6-12/h2-8,10,16H,9H2,1H3. The van der Waals surface area contributed by atoms with Crippen LogP contribution in [0.2, 0.25) is 0 Å². The van der Waals surface area contributed by atoms with E-state index in [0.29, 0.717) is 12.0 Å². The Labute approximate surface area is 111 Å². The lowest BCUT2D eigenvalue weighted by Gasteiger charge is -2.27. The highest BCUT2D eigenvalue weighted by Gasteiger charge is 2.29. The Balaban J connectivity index is 2.25. The molecule has 1 aromatic rings. The van der Waals surface area contributed by atoms with E-state index in [-0.39, 0.29) is 0 Å². The normalized spacial score (nSPS) is 23.0. The molecule has 1 unspecified atom stereocenters. The number of carbonyl (C=O) groups excluding carboxylic acids is 1. The number of carbonyl (C=O) groups is 1. The molecule has 0 saturated heterocycles. The fraction of sp³-hybridized carbons (Fsp3) is 0.214. The number of halogens is 1. The third-order valence-electron chi connectivity index (χ3n) is 2.81. The molecular weight excluding hydrogens is 250 g/mol. The quantitative estimate of drug-likeness (QED) is 0.670. The summed E-state index contributed by atoms with van der Waals surface area (Å²) in [4.78, 5) is 11.0. The Bertz CT molecular complexity index is 496. The molecule has 1 N–H and O–H groups in total. The molecule has 0 aliphatic heterocycles. The van der Waals surface area contributed by atoms with Crippen LogP contribution < -0.4 is 5.32 Å². The van der Waals surface area contributed by atoms with Crippen LogP contribution >= 0.6 is 11.6 Å². The van der Waals surface area contributed by atoms with Gasteiger partial charge in [-0.3, -0.25) is 4.79 Å². The summed E-state index contributed by atoms with van der Waals surface area (Å²) in [5, 5.41) is 2.32. The van der Waals surface area contributed by atoms with E-state index in [1.807, 2.05) is 30.3 Å². The third kappa shape index (κ3) is 2.81. The van der Waals surface area contributed by atoms with Gasteiger partial charge in [0.2, 0.25) is 0 Å². The van der Waals surface area contributed by atoms with Gasteiger partial charge in [0.15, 0.2) is 11.3 Å². The Kier molecular flexibility index (Phi) is 3.84. The van der Waals surface area contributed by atoms with Crippen molar-refractivity contribution >= 4 is 23.6 Å². The first kappa shape index (κ1) is 12.9. The molecule has 1 aliphatic rings. The highest BCUT2D eigenvalue weighted by atomic mass is 35.5. The predicted octanol–water partition coefficient (Wildman–Crippen LogP) is 3.09. The van der Waals surface area contributed by atoms with Crippen molar-refractivity contribution in [1.82, 2.24) is 0 Å². The van der Waals surface area contributed by atoms with E-state index < -0.39 is 5.06 Å². The molecule has 3 nitrogen and oxygen atoms in total. The van der Waals surface area contributed by atoms with Gasteiger partial charge in [-0.25, -0.2) is 0 Å². The SMILES string of the molecule is COC1(Cl)C=CC(C=O)=C(Nc2ccccc2)C1. The number of ether oxygens (including phenoxy) is 1. The second kappa shape index (κ2) is 5.38. The monoisotopic (exact) mass is 263 g/mol. The van der Waals surface area contributed by atoms with Crippen molar-refractivity contribution in [3.05, 3.63) is 53.8 Å². The van der Waals surface area contributed by atoms with Crippen LogP contribution in [-0.4, -0.2) is 18.5 Å². The number of anilines is 1. The molecule has 0 spiro atoms. The number of para-hydroxylation sites is 1. The van der Waals surface area contributed by atoms with Crippen molar-refractivity contribution in [3.8, 4) is 0 Å².